The van der Waals surface area contributed by atoms with Gasteiger partial charge in [0.05, 0.1) is 46.6 Å². The standard InChI is InChI=1S/C47H41N3O5/c1-51-39-18-6-32(7-19-39)48(33-8-20-40(52-2)21-9-33)37-16-28-46-44(30-37)45-31-38(17-29-47(45)50(46)36-14-26-43(55-5)27-15-36)49(34-10-22-41(53-3)23-11-34)35-12-24-42(54-4)25-13-35/h6-31H,1-5H3. The highest BCUT2D eigenvalue weighted by atomic mass is 16.5. The molecule has 274 valence electrons. The van der Waals surface area contributed by atoms with Gasteiger partial charge in [-0.2, -0.15) is 0 Å². The van der Waals surface area contributed by atoms with Crippen LogP contribution in [0.2, 0.25) is 0 Å². The monoisotopic (exact) mass is 727 g/mol. The summed E-state index contributed by atoms with van der Waals surface area (Å²) in [5.41, 5.74) is 9.17. The van der Waals surface area contributed by atoms with Gasteiger partial charge in [-0.05, 0) is 158 Å². The molecule has 0 saturated carbocycles. The first kappa shape index (κ1) is 35.0. The minimum absolute atomic E-state index is 0.794. The van der Waals surface area contributed by atoms with Gasteiger partial charge in [0, 0.05) is 50.6 Å². The summed E-state index contributed by atoms with van der Waals surface area (Å²) in [6, 6.07) is 54.0. The zero-order chi connectivity index (χ0) is 37.9. The summed E-state index contributed by atoms with van der Waals surface area (Å²) in [5, 5.41) is 2.20. The number of methoxy groups -OCH3 is 5. The number of benzene rings is 7. The van der Waals surface area contributed by atoms with Crippen molar-refractivity contribution in [1.82, 2.24) is 4.57 Å². The Labute approximate surface area is 320 Å². The van der Waals surface area contributed by atoms with Crippen LogP contribution in [-0.4, -0.2) is 40.1 Å². The maximum Gasteiger partial charge on any atom is 0.119 e. The molecule has 0 saturated heterocycles. The van der Waals surface area contributed by atoms with Gasteiger partial charge in [0.15, 0.2) is 0 Å². The number of aromatic nitrogens is 1. The normalized spacial score (nSPS) is 11.0. The largest absolute Gasteiger partial charge is 0.497 e. The second kappa shape index (κ2) is 15.1. The Morgan fingerprint density at radius 2 is 0.564 bits per heavy atom. The van der Waals surface area contributed by atoms with Crippen LogP contribution >= 0.6 is 0 Å². The van der Waals surface area contributed by atoms with E-state index in [9.17, 15) is 0 Å². The van der Waals surface area contributed by atoms with Gasteiger partial charge in [0.25, 0.3) is 0 Å². The molecular weight excluding hydrogens is 687 g/mol. The van der Waals surface area contributed by atoms with Crippen LogP contribution in [0, 0.1) is 0 Å². The zero-order valence-corrected chi connectivity index (χ0v) is 31.4. The quantitative estimate of drug-likeness (QED) is 0.124. The predicted molar refractivity (Wildman–Crippen MR) is 223 cm³/mol. The molecule has 1 heterocycles. The van der Waals surface area contributed by atoms with Crippen LogP contribution in [0.4, 0.5) is 34.1 Å². The van der Waals surface area contributed by atoms with Gasteiger partial charge in [0.1, 0.15) is 28.7 Å². The number of anilines is 6. The number of rotatable bonds is 12. The Hall–Kier alpha value is -7.06. The van der Waals surface area contributed by atoms with E-state index in [4.69, 9.17) is 23.7 Å². The molecule has 0 N–H and O–H groups in total. The van der Waals surface area contributed by atoms with E-state index in [1.54, 1.807) is 35.5 Å². The van der Waals surface area contributed by atoms with Crippen LogP contribution in [0.15, 0.2) is 158 Å². The highest BCUT2D eigenvalue weighted by molar-refractivity contribution is 6.12. The van der Waals surface area contributed by atoms with E-state index in [0.717, 1.165) is 90.4 Å². The summed E-state index contributed by atoms with van der Waals surface area (Å²) in [4.78, 5) is 4.50. The van der Waals surface area contributed by atoms with Crippen molar-refractivity contribution >= 4 is 55.9 Å². The third kappa shape index (κ3) is 6.70. The van der Waals surface area contributed by atoms with E-state index in [0.29, 0.717) is 0 Å². The molecule has 0 spiro atoms. The lowest BCUT2D eigenvalue weighted by molar-refractivity contribution is 0.414. The molecule has 8 nitrogen and oxygen atoms in total. The highest BCUT2D eigenvalue weighted by Crippen LogP contribution is 2.43. The zero-order valence-electron chi connectivity index (χ0n) is 31.4. The summed E-state index contributed by atoms with van der Waals surface area (Å²) in [7, 11) is 8.42. The second-order valence-electron chi connectivity index (χ2n) is 12.9. The lowest BCUT2D eigenvalue weighted by atomic mass is 10.1. The number of ether oxygens (including phenoxy) is 5. The summed E-state index contributed by atoms with van der Waals surface area (Å²) in [6.07, 6.45) is 0. The van der Waals surface area contributed by atoms with E-state index in [1.807, 2.05) is 60.7 Å². The van der Waals surface area contributed by atoms with Crippen molar-refractivity contribution in [3.63, 3.8) is 0 Å². The van der Waals surface area contributed by atoms with Gasteiger partial charge in [-0.3, -0.25) is 0 Å². The summed E-state index contributed by atoms with van der Waals surface area (Å²) < 4.78 is 29.9. The number of fused-ring (bicyclic) bond motifs is 3. The van der Waals surface area contributed by atoms with Gasteiger partial charge < -0.3 is 38.1 Å². The lowest BCUT2D eigenvalue weighted by Crippen LogP contribution is -2.10. The van der Waals surface area contributed by atoms with E-state index in [-0.39, 0.29) is 0 Å². The molecule has 0 unspecified atom stereocenters. The molecule has 7 aromatic carbocycles. The molecule has 0 aliphatic rings. The molecule has 0 bridgehead atoms. The molecule has 8 rings (SSSR count). The fourth-order valence-electron chi connectivity index (χ4n) is 7.11. The highest BCUT2D eigenvalue weighted by Gasteiger charge is 2.20. The average molecular weight is 728 g/mol. The van der Waals surface area contributed by atoms with Crippen LogP contribution in [0.1, 0.15) is 0 Å². The van der Waals surface area contributed by atoms with Crippen molar-refractivity contribution in [2.45, 2.75) is 0 Å². The maximum absolute atomic E-state index is 5.52. The van der Waals surface area contributed by atoms with Crippen LogP contribution in [0.3, 0.4) is 0 Å². The Bertz CT molecular complexity index is 2300. The number of hydrogen-bond donors (Lipinski definition) is 0. The van der Waals surface area contributed by atoms with Crippen LogP contribution in [-0.2, 0) is 0 Å². The fourth-order valence-corrected chi connectivity index (χ4v) is 7.11. The minimum atomic E-state index is 0.794. The minimum Gasteiger partial charge on any atom is -0.497 e. The van der Waals surface area contributed by atoms with Crippen molar-refractivity contribution in [2.24, 2.45) is 0 Å². The van der Waals surface area contributed by atoms with Crippen molar-refractivity contribution in [3.05, 3.63) is 158 Å². The first-order valence-corrected chi connectivity index (χ1v) is 17.9. The molecule has 8 aromatic rings. The molecule has 0 atom stereocenters. The van der Waals surface area contributed by atoms with Gasteiger partial charge in [0.2, 0.25) is 0 Å². The molecular formula is C47H41N3O5. The topological polar surface area (TPSA) is 57.6 Å². The van der Waals surface area contributed by atoms with Crippen LogP contribution < -0.4 is 33.5 Å². The third-order valence-electron chi connectivity index (χ3n) is 9.90. The molecule has 8 heteroatoms. The average Bonchev–Trinajstić information content (AvgIpc) is 3.58. The van der Waals surface area contributed by atoms with Crippen molar-refractivity contribution in [2.75, 3.05) is 45.3 Å². The van der Waals surface area contributed by atoms with Gasteiger partial charge in [-0.25, -0.2) is 0 Å². The fraction of sp³-hybridized carbons (Fsp3) is 0.106. The van der Waals surface area contributed by atoms with Gasteiger partial charge >= 0.3 is 0 Å². The Kier molecular flexibility index (Phi) is 9.62. The van der Waals surface area contributed by atoms with E-state index >= 15 is 0 Å². The van der Waals surface area contributed by atoms with Gasteiger partial charge in [-0.15, -0.1) is 0 Å². The van der Waals surface area contributed by atoms with E-state index in [2.05, 4.69) is 111 Å². The van der Waals surface area contributed by atoms with Gasteiger partial charge in [-0.1, -0.05) is 0 Å². The third-order valence-corrected chi connectivity index (χ3v) is 9.90. The Morgan fingerprint density at radius 1 is 0.309 bits per heavy atom. The van der Waals surface area contributed by atoms with Crippen molar-refractivity contribution in [3.8, 4) is 34.4 Å². The summed E-state index contributed by atoms with van der Waals surface area (Å²) in [5.74, 6) is 3.98. The number of nitrogens with zero attached hydrogens (tertiary/aromatic N) is 3. The van der Waals surface area contributed by atoms with E-state index in [1.165, 1.54) is 0 Å². The first-order chi connectivity index (χ1) is 27.0. The molecule has 0 fully saturated rings. The summed E-state index contributed by atoms with van der Waals surface area (Å²) >= 11 is 0. The lowest BCUT2D eigenvalue weighted by Gasteiger charge is -2.26. The number of hydrogen-bond acceptors (Lipinski definition) is 7. The molecule has 0 aliphatic carbocycles. The molecule has 0 amide bonds. The molecule has 0 radical (unpaired) electrons. The summed E-state index contributed by atoms with van der Waals surface area (Å²) in [6.45, 7) is 0. The molecule has 55 heavy (non-hydrogen) atoms. The maximum atomic E-state index is 5.52. The van der Waals surface area contributed by atoms with Crippen molar-refractivity contribution < 1.29 is 23.7 Å². The van der Waals surface area contributed by atoms with Crippen LogP contribution in [0.25, 0.3) is 27.5 Å². The van der Waals surface area contributed by atoms with Crippen LogP contribution in [0.5, 0.6) is 28.7 Å². The Morgan fingerprint density at radius 3 is 0.836 bits per heavy atom. The first-order valence-electron chi connectivity index (χ1n) is 17.9. The smallest absolute Gasteiger partial charge is 0.119 e. The predicted octanol–water partition coefficient (Wildman–Crippen LogP) is 11.8. The molecule has 0 aliphatic heterocycles. The van der Waals surface area contributed by atoms with E-state index < -0.39 is 0 Å². The SMILES string of the molecule is COc1ccc(N(c2ccc(OC)cc2)c2ccc3c(c2)c2cc(N(c4ccc(OC)cc4)c4ccc(OC)cc4)ccc2n3-c2ccc(OC)cc2)cc1. The van der Waals surface area contributed by atoms with Crippen molar-refractivity contribution in [1.29, 1.82) is 0 Å². The Balaban J connectivity index is 1.36. The second-order valence-corrected chi connectivity index (χ2v) is 12.9. The molecule has 1 aromatic heterocycles.